The van der Waals surface area contributed by atoms with Crippen molar-refractivity contribution >= 4 is 17.3 Å². The summed E-state index contributed by atoms with van der Waals surface area (Å²) in [6.07, 6.45) is 0. The van der Waals surface area contributed by atoms with E-state index in [1.807, 2.05) is 12.1 Å². The van der Waals surface area contributed by atoms with Crippen LogP contribution < -0.4 is 19.1 Å². The molecule has 0 aliphatic carbocycles. The Hall–Kier alpha value is -5.19. The van der Waals surface area contributed by atoms with Gasteiger partial charge >= 0.3 is 5.97 Å². The normalized spacial score (nSPS) is 10.6. The molecule has 0 fully saturated rings. The van der Waals surface area contributed by atoms with Crippen molar-refractivity contribution in [1.82, 2.24) is 0 Å². The molecule has 0 N–H and O–H groups in total. The van der Waals surface area contributed by atoms with E-state index in [1.165, 1.54) is 25.3 Å². The fraction of sp³-hybridized carbons (Fsp3) is 0.219. The van der Waals surface area contributed by atoms with E-state index >= 15 is 0 Å². The molecule has 9 nitrogen and oxygen atoms in total. The maximum absolute atomic E-state index is 14.6. The molecule has 0 atom stereocenters. The number of anilines is 1. The lowest BCUT2D eigenvalue weighted by Gasteiger charge is -2.27. The van der Waals surface area contributed by atoms with Crippen LogP contribution in [-0.2, 0) is 22.6 Å². The second-order valence-corrected chi connectivity index (χ2v) is 9.45. The quantitative estimate of drug-likeness (QED) is 0.0918. The lowest BCUT2D eigenvalue weighted by atomic mass is 10.1. The summed E-state index contributed by atoms with van der Waals surface area (Å²) in [4.78, 5) is 24.6. The summed E-state index contributed by atoms with van der Waals surface area (Å²) in [6.45, 7) is 3.64. The Morgan fingerprint density at radius 1 is 0.907 bits per heavy atom. The number of nitro groups is 1. The van der Waals surface area contributed by atoms with Crippen molar-refractivity contribution in [2.75, 3.05) is 25.2 Å². The third-order valence-corrected chi connectivity index (χ3v) is 6.47. The minimum atomic E-state index is -0.708. The van der Waals surface area contributed by atoms with E-state index in [0.29, 0.717) is 34.2 Å². The van der Waals surface area contributed by atoms with Crippen LogP contribution in [0.3, 0.4) is 0 Å². The van der Waals surface area contributed by atoms with Gasteiger partial charge in [-0.3, -0.25) is 10.1 Å². The van der Waals surface area contributed by atoms with Crippen LogP contribution in [0.5, 0.6) is 23.0 Å². The standard InChI is InChI=1S/C32H30F2N2O7/c1-4-41-32(37)20-42-27-15-26(40-3)16-28(17-27)43-25-12-8-22(9-13-25)18-35(19-23-10-11-24(33)14-29(23)34)30-6-5-7-31(21(30)2)36(38)39/h5-17H,4,18-20H2,1-3H3. The number of rotatable bonds is 13. The maximum atomic E-state index is 14.6. The number of ether oxygens (including phenoxy) is 4. The van der Waals surface area contributed by atoms with Crippen molar-refractivity contribution in [2.24, 2.45) is 0 Å². The molecule has 0 heterocycles. The molecular weight excluding hydrogens is 562 g/mol. The highest BCUT2D eigenvalue weighted by Crippen LogP contribution is 2.33. The lowest BCUT2D eigenvalue weighted by molar-refractivity contribution is -0.385. The summed E-state index contributed by atoms with van der Waals surface area (Å²) in [5.41, 5.74) is 1.96. The summed E-state index contributed by atoms with van der Waals surface area (Å²) >= 11 is 0. The van der Waals surface area contributed by atoms with Crippen molar-refractivity contribution in [2.45, 2.75) is 26.9 Å². The number of hydrogen-bond acceptors (Lipinski definition) is 8. The van der Waals surface area contributed by atoms with Crippen LogP contribution >= 0.6 is 0 Å². The average molecular weight is 593 g/mol. The summed E-state index contributed by atoms with van der Waals surface area (Å²) in [7, 11) is 1.50. The Morgan fingerprint density at radius 3 is 2.30 bits per heavy atom. The number of nitro benzene ring substituents is 1. The molecule has 0 bridgehead atoms. The highest BCUT2D eigenvalue weighted by atomic mass is 19.1. The summed E-state index contributed by atoms with van der Waals surface area (Å²) in [6, 6.07) is 20.1. The molecule has 0 spiro atoms. The number of nitrogens with zero attached hydrogens (tertiary/aromatic N) is 2. The molecule has 0 aliphatic rings. The third kappa shape index (κ3) is 8.19. The van der Waals surface area contributed by atoms with Gasteiger partial charge in [-0.2, -0.15) is 0 Å². The molecule has 43 heavy (non-hydrogen) atoms. The molecule has 4 aromatic rings. The van der Waals surface area contributed by atoms with Crippen molar-refractivity contribution in [3.8, 4) is 23.0 Å². The zero-order chi connectivity index (χ0) is 30.9. The molecular formula is C32H30F2N2O7. The highest BCUT2D eigenvalue weighted by molar-refractivity contribution is 5.71. The van der Waals surface area contributed by atoms with Gasteiger partial charge in [0.2, 0.25) is 0 Å². The number of benzene rings is 4. The van der Waals surface area contributed by atoms with Gasteiger partial charge < -0.3 is 23.8 Å². The summed E-state index contributed by atoms with van der Waals surface area (Å²) in [5, 5.41) is 11.6. The predicted molar refractivity (Wildman–Crippen MR) is 156 cm³/mol. The second kappa shape index (κ2) is 14.1. The Labute approximate surface area is 247 Å². The third-order valence-electron chi connectivity index (χ3n) is 6.47. The smallest absolute Gasteiger partial charge is 0.344 e. The van der Waals surface area contributed by atoms with Gasteiger partial charge in [0.05, 0.1) is 24.2 Å². The first-order valence-corrected chi connectivity index (χ1v) is 13.3. The average Bonchev–Trinajstić information content (AvgIpc) is 2.98. The lowest BCUT2D eigenvalue weighted by Crippen LogP contribution is -2.24. The first-order chi connectivity index (χ1) is 20.7. The molecule has 0 radical (unpaired) electrons. The number of hydrogen-bond donors (Lipinski definition) is 0. The molecule has 4 aromatic carbocycles. The molecule has 0 amide bonds. The molecule has 0 unspecified atom stereocenters. The van der Waals surface area contributed by atoms with Gasteiger partial charge in [-0.25, -0.2) is 13.6 Å². The van der Waals surface area contributed by atoms with Crippen molar-refractivity contribution in [1.29, 1.82) is 0 Å². The predicted octanol–water partition coefficient (Wildman–Crippen LogP) is 7.13. The summed E-state index contributed by atoms with van der Waals surface area (Å²) in [5.74, 6) is -0.175. The monoisotopic (exact) mass is 592 g/mol. The van der Waals surface area contributed by atoms with E-state index in [0.717, 1.165) is 11.6 Å². The topological polar surface area (TPSA) is 100 Å². The molecule has 0 aromatic heterocycles. The van der Waals surface area contributed by atoms with E-state index in [1.54, 1.807) is 61.2 Å². The SMILES string of the molecule is CCOC(=O)COc1cc(OC)cc(Oc2ccc(CN(Cc3ccc(F)cc3F)c3cccc([N+](=O)[O-])c3C)cc2)c1. The van der Waals surface area contributed by atoms with Crippen LogP contribution in [-0.4, -0.2) is 31.2 Å². The largest absolute Gasteiger partial charge is 0.496 e. The van der Waals surface area contributed by atoms with Crippen LogP contribution in [0.15, 0.2) is 78.9 Å². The summed E-state index contributed by atoms with van der Waals surface area (Å²) < 4.78 is 49.9. The van der Waals surface area contributed by atoms with E-state index in [2.05, 4.69) is 0 Å². The van der Waals surface area contributed by atoms with Gasteiger partial charge in [-0.1, -0.05) is 24.3 Å². The van der Waals surface area contributed by atoms with Crippen molar-refractivity contribution in [3.63, 3.8) is 0 Å². The molecule has 0 saturated heterocycles. The fourth-order valence-corrected chi connectivity index (χ4v) is 4.40. The van der Waals surface area contributed by atoms with Crippen LogP contribution in [0.4, 0.5) is 20.2 Å². The van der Waals surface area contributed by atoms with Gasteiger partial charge in [-0.05, 0) is 43.7 Å². The van der Waals surface area contributed by atoms with Crippen LogP contribution in [0, 0.1) is 28.7 Å². The van der Waals surface area contributed by atoms with Crippen LogP contribution in [0.1, 0.15) is 23.6 Å². The number of methoxy groups -OCH3 is 1. The number of carbonyl (C=O) groups is 1. The zero-order valence-corrected chi connectivity index (χ0v) is 23.8. The van der Waals surface area contributed by atoms with Gasteiger partial charge in [0, 0.05) is 54.7 Å². The Balaban J connectivity index is 1.55. The zero-order valence-electron chi connectivity index (χ0n) is 23.8. The Morgan fingerprint density at radius 2 is 1.63 bits per heavy atom. The Kier molecular flexibility index (Phi) is 10.1. The Bertz CT molecular complexity index is 1600. The molecule has 0 aliphatic heterocycles. The fourth-order valence-electron chi connectivity index (χ4n) is 4.40. The number of halogens is 2. The van der Waals surface area contributed by atoms with E-state index in [-0.39, 0.29) is 37.6 Å². The molecule has 0 saturated carbocycles. The van der Waals surface area contributed by atoms with Gasteiger partial charge in [-0.15, -0.1) is 0 Å². The number of esters is 1. The maximum Gasteiger partial charge on any atom is 0.344 e. The minimum absolute atomic E-state index is 0.0464. The van der Waals surface area contributed by atoms with Crippen LogP contribution in [0.25, 0.3) is 0 Å². The first kappa shape index (κ1) is 30.8. The van der Waals surface area contributed by atoms with Gasteiger partial charge in [0.15, 0.2) is 6.61 Å². The van der Waals surface area contributed by atoms with E-state index < -0.39 is 22.5 Å². The van der Waals surface area contributed by atoms with E-state index in [4.69, 9.17) is 18.9 Å². The van der Waals surface area contributed by atoms with E-state index in [9.17, 15) is 23.7 Å². The van der Waals surface area contributed by atoms with Gasteiger partial charge in [0.25, 0.3) is 5.69 Å². The molecule has 11 heteroatoms. The van der Waals surface area contributed by atoms with Gasteiger partial charge in [0.1, 0.15) is 34.6 Å². The molecule has 4 rings (SSSR count). The highest BCUT2D eigenvalue weighted by Gasteiger charge is 2.20. The molecule has 224 valence electrons. The minimum Gasteiger partial charge on any atom is -0.496 e. The number of carbonyl (C=O) groups excluding carboxylic acids is 1. The van der Waals surface area contributed by atoms with Crippen molar-refractivity contribution in [3.05, 3.63) is 117 Å². The van der Waals surface area contributed by atoms with Crippen molar-refractivity contribution < 1.29 is 37.4 Å². The van der Waals surface area contributed by atoms with Crippen LogP contribution in [0.2, 0.25) is 0 Å². The second-order valence-electron chi connectivity index (χ2n) is 9.45. The first-order valence-electron chi connectivity index (χ1n) is 13.3.